The zero-order valence-corrected chi connectivity index (χ0v) is 10.8. The van der Waals surface area contributed by atoms with Gasteiger partial charge < -0.3 is 0 Å². The number of benzene rings is 1. The van der Waals surface area contributed by atoms with Gasteiger partial charge in [0.25, 0.3) is 0 Å². The SMILES string of the molecule is CCCCC([O][Sn])c1ccccc1. The Morgan fingerprint density at radius 2 is 2.00 bits per heavy atom. The summed E-state index contributed by atoms with van der Waals surface area (Å²) < 4.78 is 5.53. The van der Waals surface area contributed by atoms with E-state index < -0.39 is 0 Å². The van der Waals surface area contributed by atoms with Gasteiger partial charge in [0, 0.05) is 0 Å². The Hall–Kier alpha value is -0.0213. The van der Waals surface area contributed by atoms with Gasteiger partial charge in [-0.1, -0.05) is 0 Å². The maximum absolute atomic E-state index is 5.53. The van der Waals surface area contributed by atoms with E-state index in [0.29, 0.717) is 6.10 Å². The van der Waals surface area contributed by atoms with Gasteiger partial charge in [0.15, 0.2) is 0 Å². The van der Waals surface area contributed by atoms with Crippen LogP contribution in [0.4, 0.5) is 0 Å². The van der Waals surface area contributed by atoms with Crippen molar-refractivity contribution in [1.82, 2.24) is 0 Å². The number of rotatable bonds is 5. The van der Waals surface area contributed by atoms with Crippen molar-refractivity contribution in [3.63, 3.8) is 0 Å². The molecule has 1 atom stereocenters. The van der Waals surface area contributed by atoms with Crippen molar-refractivity contribution in [3.8, 4) is 0 Å². The van der Waals surface area contributed by atoms with E-state index in [1.807, 2.05) is 6.07 Å². The van der Waals surface area contributed by atoms with Crippen LogP contribution in [-0.4, -0.2) is 22.9 Å². The van der Waals surface area contributed by atoms with E-state index in [9.17, 15) is 0 Å². The molecule has 0 aliphatic heterocycles. The topological polar surface area (TPSA) is 9.23 Å². The van der Waals surface area contributed by atoms with Gasteiger partial charge in [-0.25, -0.2) is 0 Å². The molecule has 13 heavy (non-hydrogen) atoms. The van der Waals surface area contributed by atoms with Gasteiger partial charge in [0.2, 0.25) is 0 Å². The summed E-state index contributed by atoms with van der Waals surface area (Å²) in [7, 11) is 0. The normalized spacial score (nSPS) is 12.8. The number of hydrogen-bond acceptors (Lipinski definition) is 1. The molecule has 2 heteroatoms. The van der Waals surface area contributed by atoms with Gasteiger partial charge in [-0.05, 0) is 0 Å². The molecule has 1 aromatic rings. The Morgan fingerprint density at radius 1 is 1.31 bits per heavy atom. The predicted octanol–water partition coefficient (Wildman–Crippen LogP) is 3.02. The molecule has 0 amide bonds. The second kappa shape index (κ2) is 6.44. The summed E-state index contributed by atoms with van der Waals surface area (Å²) in [6, 6.07) is 10.5. The third kappa shape index (κ3) is 3.69. The van der Waals surface area contributed by atoms with E-state index in [4.69, 9.17) is 3.07 Å². The summed E-state index contributed by atoms with van der Waals surface area (Å²) in [6.45, 7) is 2.21. The van der Waals surface area contributed by atoms with Crippen molar-refractivity contribution in [1.29, 1.82) is 0 Å². The fourth-order valence-electron chi connectivity index (χ4n) is 1.35. The van der Waals surface area contributed by atoms with Crippen LogP contribution in [0, 0.1) is 0 Å². The van der Waals surface area contributed by atoms with Crippen molar-refractivity contribution in [2.24, 2.45) is 0 Å². The van der Waals surface area contributed by atoms with E-state index in [0.717, 1.165) is 29.4 Å². The van der Waals surface area contributed by atoms with Crippen molar-refractivity contribution < 1.29 is 3.07 Å². The molecule has 0 heterocycles. The molecule has 0 fully saturated rings. The Bertz CT molecular complexity index is 223. The van der Waals surface area contributed by atoms with E-state index in [-0.39, 0.29) is 0 Å². The summed E-state index contributed by atoms with van der Waals surface area (Å²) in [4.78, 5) is 0. The van der Waals surface area contributed by atoms with Gasteiger partial charge in [-0.15, -0.1) is 0 Å². The van der Waals surface area contributed by atoms with E-state index in [1.54, 1.807) is 0 Å². The van der Waals surface area contributed by atoms with Crippen molar-refractivity contribution in [3.05, 3.63) is 35.9 Å². The first kappa shape index (κ1) is 11.1. The molecule has 69 valence electrons. The second-order valence-corrected chi connectivity index (χ2v) is 3.83. The van der Waals surface area contributed by atoms with E-state index >= 15 is 0 Å². The minimum atomic E-state index is 0.319. The number of unbranched alkanes of at least 4 members (excludes halogenated alkanes) is 1. The molecule has 3 radical (unpaired) electrons. The Labute approximate surface area is 94.1 Å². The molecule has 1 aromatic carbocycles. The molecular weight excluding hydrogens is 267 g/mol. The molecular formula is C11H15OSn. The van der Waals surface area contributed by atoms with E-state index in [1.165, 1.54) is 18.4 Å². The predicted molar refractivity (Wildman–Crippen MR) is 55.5 cm³/mol. The zero-order chi connectivity index (χ0) is 9.52. The minimum absolute atomic E-state index is 0.319. The van der Waals surface area contributed by atoms with Crippen LogP contribution >= 0.6 is 0 Å². The molecule has 0 bridgehead atoms. The summed E-state index contributed by atoms with van der Waals surface area (Å²) in [5.41, 5.74) is 1.31. The molecule has 1 unspecified atom stereocenters. The van der Waals surface area contributed by atoms with Crippen molar-refractivity contribution >= 4 is 22.9 Å². The third-order valence-corrected chi connectivity index (χ3v) is 2.95. The van der Waals surface area contributed by atoms with Crippen LogP contribution in [0.1, 0.15) is 37.9 Å². The number of hydrogen-bond donors (Lipinski definition) is 0. The summed E-state index contributed by atoms with van der Waals surface area (Å²) in [5, 5.41) is 0. The molecule has 0 aliphatic carbocycles. The van der Waals surface area contributed by atoms with Gasteiger partial charge in [0.05, 0.1) is 0 Å². The molecule has 0 N–H and O–H groups in total. The van der Waals surface area contributed by atoms with E-state index in [2.05, 4.69) is 31.2 Å². The molecule has 0 aliphatic rings. The Morgan fingerprint density at radius 3 is 2.54 bits per heavy atom. The summed E-state index contributed by atoms with van der Waals surface area (Å²) in [6.07, 6.45) is 3.95. The molecule has 0 saturated heterocycles. The first-order valence-electron chi connectivity index (χ1n) is 4.75. The Kier molecular flexibility index (Phi) is 5.47. The van der Waals surface area contributed by atoms with Gasteiger partial charge >= 0.3 is 94.2 Å². The average Bonchev–Trinajstić information content (AvgIpc) is 2.21. The monoisotopic (exact) mass is 283 g/mol. The maximum atomic E-state index is 5.53. The van der Waals surface area contributed by atoms with Gasteiger partial charge in [-0.3, -0.25) is 0 Å². The molecule has 0 aromatic heterocycles. The first-order chi connectivity index (χ1) is 6.38. The van der Waals surface area contributed by atoms with Crippen molar-refractivity contribution in [2.75, 3.05) is 0 Å². The average molecular weight is 282 g/mol. The second-order valence-electron chi connectivity index (χ2n) is 3.16. The van der Waals surface area contributed by atoms with Crippen LogP contribution in [0.25, 0.3) is 0 Å². The molecule has 1 rings (SSSR count). The fraction of sp³-hybridized carbons (Fsp3) is 0.455. The first-order valence-corrected chi connectivity index (χ1v) is 5.92. The Balaban J connectivity index is 2.56. The van der Waals surface area contributed by atoms with Gasteiger partial charge in [0.1, 0.15) is 0 Å². The molecule has 1 nitrogen and oxygen atoms in total. The van der Waals surface area contributed by atoms with Crippen LogP contribution in [0.2, 0.25) is 0 Å². The van der Waals surface area contributed by atoms with Crippen LogP contribution in [0.3, 0.4) is 0 Å². The summed E-state index contributed by atoms with van der Waals surface area (Å²) >= 11 is 1.16. The standard InChI is InChI=1S/C11H15O.Sn/c1-2-3-9-11(12)10-7-5-4-6-8-10;/h4-8,11H,2-3,9H2,1H3;/q-1;+1. The van der Waals surface area contributed by atoms with Crippen LogP contribution in [0.15, 0.2) is 30.3 Å². The zero-order valence-electron chi connectivity index (χ0n) is 7.99. The van der Waals surface area contributed by atoms with Crippen LogP contribution in [0.5, 0.6) is 0 Å². The molecule has 0 saturated carbocycles. The summed E-state index contributed by atoms with van der Waals surface area (Å²) in [5.74, 6) is 0. The fourth-order valence-corrected chi connectivity index (χ4v) is 2.08. The molecule has 0 spiro atoms. The third-order valence-electron chi connectivity index (χ3n) is 2.13. The van der Waals surface area contributed by atoms with Crippen LogP contribution in [-0.2, 0) is 3.07 Å². The van der Waals surface area contributed by atoms with Crippen LogP contribution < -0.4 is 0 Å². The quantitative estimate of drug-likeness (QED) is 0.754. The van der Waals surface area contributed by atoms with Gasteiger partial charge in [-0.2, -0.15) is 0 Å². The van der Waals surface area contributed by atoms with Crippen molar-refractivity contribution in [2.45, 2.75) is 32.3 Å².